The minimum Gasteiger partial charge on any atom is -0.343 e. The Morgan fingerprint density at radius 3 is 2.30 bits per heavy atom. The summed E-state index contributed by atoms with van der Waals surface area (Å²) >= 11 is 0. The van der Waals surface area contributed by atoms with E-state index >= 15 is 0 Å². The number of nitrogens with zero attached hydrogens (tertiary/aromatic N) is 1. The van der Waals surface area contributed by atoms with Crippen molar-refractivity contribution in [3.8, 4) is 0 Å². The number of hydrogen-bond acceptors (Lipinski definition) is 4. The van der Waals surface area contributed by atoms with Crippen molar-refractivity contribution in [3.05, 3.63) is 29.8 Å². The van der Waals surface area contributed by atoms with Crippen molar-refractivity contribution in [3.63, 3.8) is 0 Å². The normalized spacial score (nSPS) is 16.3. The van der Waals surface area contributed by atoms with Gasteiger partial charge < -0.3 is 10.2 Å². The van der Waals surface area contributed by atoms with Gasteiger partial charge in [-0.3, -0.25) is 4.79 Å². The van der Waals surface area contributed by atoms with Gasteiger partial charge in [-0.2, -0.15) is 13.2 Å². The smallest absolute Gasteiger partial charge is 0.343 e. The maximum Gasteiger partial charge on any atom is 0.405 e. The third kappa shape index (κ3) is 7.47. The predicted octanol–water partition coefficient (Wildman–Crippen LogP) is 2.13. The van der Waals surface area contributed by atoms with E-state index in [1.807, 2.05) is 0 Å². The highest BCUT2D eigenvalue weighted by Crippen LogP contribution is 2.14. The minimum atomic E-state index is -4.50. The van der Waals surface area contributed by atoms with Crippen molar-refractivity contribution < 1.29 is 26.4 Å². The van der Waals surface area contributed by atoms with E-state index in [0.29, 0.717) is 13.0 Å². The number of sulfonamides is 1. The van der Waals surface area contributed by atoms with Crippen LogP contribution in [-0.4, -0.2) is 58.1 Å². The third-order valence-electron chi connectivity index (χ3n) is 4.27. The molecule has 0 unspecified atom stereocenters. The predicted molar refractivity (Wildman–Crippen MR) is 94.9 cm³/mol. The fraction of sp³-hybridized carbons (Fsp3) is 0.588. The highest BCUT2D eigenvalue weighted by atomic mass is 32.2. The zero-order chi connectivity index (χ0) is 19.9. The molecule has 0 spiro atoms. The van der Waals surface area contributed by atoms with Crippen LogP contribution in [0.1, 0.15) is 36.0 Å². The molecule has 1 amide bonds. The van der Waals surface area contributed by atoms with Crippen LogP contribution < -0.4 is 10.0 Å². The molecule has 0 saturated carbocycles. The molecule has 0 bridgehead atoms. The lowest BCUT2D eigenvalue weighted by atomic mass is 10.1. The molecule has 1 heterocycles. The van der Waals surface area contributed by atoms with Gasteiger partial charge in [0.15, 0.2) is 0 Å². The molecule has 1 fully saturated rings. The molecule has 0 aliphatic carbocycles. The van der Waals surface area contributed by atoms with Crippen LogP contribution in [0.4, 0.5) is 13.2 Å². The monoisotopic (exact) mass is 407 g/mol. The number of rotatable bonds is 8. The number of halogens is 3. The standard InChI is InChI=1S/C17H24F3N3O3S/c18-17(19,20)13-21-16(24)14-5-7-15(8-6-14)27(25,26)22-9-4-12-23-10-2-1-3-11-23/h5-8,22H,1-4,9-13H2,(H,21,24). The topological polar surface area (TPSA) is 78.5 Å². The molecular weight excluding hydrogens is 383 g/mol. The number of carbonyl (C=O) groups is 1. The van der Waals surface area contributed by atoms with Gasteiger partial charge in [0.1, 0.15) is 6.54 Å². The van der Waals surface area contributed by atoms with Gasteiger partial charge in [0.05, 0.1) is 4.90 Å². The van der Waals surface area contributed by atoms with Gasteiger partial charge in [-0.05, 0) is 63.2 Å². The molecule has 0 aromatic heterocycles. The van der Waals surface area contributed by atoms with Crippen LogP contribution in [0, 0.1) is 0 Å². The fourth-order valence-corrected chi connectivity index (χ4v) is 3.92. The van der Waals surface area contributed by atoms with Gasteiger partial charge in [0.25, 0.3) is 5.91 Å². The minimum absolute atomic E-state index is 0.0344. The molecule has 152 valence electrons. The highest BCUT2D eigenvalue weighted by molar-refractivity contribution is 7.89. The van der Waals surface area contributed by atoms with Gasteiger partial charge >= 0.3 is 6.18 Å². The SMILES string of the molecule is O=C(NCC(F)(F)F)c1ccc(S(=O)(=O)NCCCN2CCCCC2)cc1. The van der Waals surface area contributed by atoms with Crippen LogP contribution in [0.5, 0.6) is 0 Å². The Bertz CT molecular complexity index is 715. The summed E-state index contributed by atoms with van der Waals surface area (Å²) in [4.78, 5) is 13.9. The van der Waals surface area contributed by atoms with Gasteiger partial charge in [-0.15, -0.1) is 0 Å². The molecule has 0 radical (unpaired) electrons. The first-order valence-electron chi connectivity index (χ1n) is 8.84. The molecule has 2 N–H and O–H groups in total. The summed E-state index contributed by atoms with van der Waals surface area (Å²) in [7, 11) is -3.72. The van der Waals surface area contributed by atoms with Crippen molar-refractivity contribution in [1.82, 2.24) is 14.9 Å². The van der Waals surface area contributed by atoms with Crippen molar-refractivity contribution in [2.45, 2.75) is 36.8 Å². The Kier molecular flexibility index (Phi) is 7.63. The summed E-state index contributed by atoms with van der Waals surface area (Å²) in [5.74, 6) is -0.911. The summed E-state index contributed by atoms with van der Waals surface area (Å²) in [6.45, 7) is 1.78. The summed E-state index contributed by atoms with van der Waals surface area (Å²) in [5, 5.41) is 1.74. The summed E-state index contributed by atoms with van der Waals surface area (Å²) < 4.78 is 63.3. The Balaban J connectivity index is 1.82. The lowest BCUT2D eigenvalue weighted by Gasteiger charge is -2.26. The Morgan fingerprint density at radius 1 is 1.07 bits per heavy atom. The van der Waals surface area contributed by atoms with E-state index in [1.165, 1.54) is 43.5 Å². The Labute approximate surface area is 157 Å². The summed E-state index contributed by atoms with van der Waals surface area (Å²) in [5.41, 5.74) is -0.0386. The van der Waals surface area contributed by atoms with E-state index in [1.54, 1.807) is 5.32 Å². The van der Waals surface area contributed by atoms with Crippen molar-refractivity contribution in [2.24, 2.45) is 0 Å². The number of likely N-dealkylation sites (tertiary alicyclic amines) is 1. The number of benzene rings is 1. The van der Waals surface area contributed by atoms with Gasteiger partial charge in [0.2, 0.25) is 10.0 Å². The number of alkyl halides is 3. The van der Waals surface area contributed by atoms with E-state index in [0.717, 1.165) is 19.6 Å². The van der Waals surface area contributed by atoms with E-state index in [2.05, 4.69) is 9.62 Å². The zero-order valence-corrected chi connectivity index (χ0v) is 15.7. The first-order valence-corrected chi connectivity index (χ1v) is 10.3. The summed E-state index contributed by atoms with van der Waals surface area (Å²) in [6.07, 6.45) is -0.217. The lowest BCUT2D eigenvalue weighted by Crippen LogP contribution is -2.34. The number of hydrogen-bond donors (Lipinski definition) is 2. The van der Waals surface area contributed by atoms with Gasteiger partial charge in [-0.1, -0.05) is 6.42 Å². The van der Waals surface area contributed by atoms with Crippen LogP contribution in [0.3, 0.4) is 0 Å². The molecular formula is C17H24F3N3O3S. The molecule has 27 heavy (non-hydrogen) atoms. The zero-order valence-electron chi connectivity index (χ0n) is 14.9. The van der Waals surface area contributed by atoms with Crippen LogP contribution in [0.15, 0.2) is 29.2 Å². The molecule has 0 atom stereocenters. The van der Waals surface area contributed by atoms with Crippen LogP contribution >= 0.6 is 0 Å². The largest absolute Gasteiger partial charge is 0.405 e. The lowest BCUT2D eigenvalue weighted by molar-refractivity contribution is -0.123. The van der Waals surface area contributed by atoms with E-state index < -0.39 is 28.7 Å². The Hall–Kier alpha value is -1.65. The molecule has 2 rings (SSSR count). The van der Waals surface area contributed by atoms with Crippen LogP contribution in [0.2, 0.25) is 0 Å². The quantitative estimate of drug-likeness (QED) is 0.647. The van der Waals surface area contributed by atoms with Crippen molar-refractivity contribution in [2.75, 3.05) is 32.7 Å². The second-order valence-electron chi connectivity index (χ2n) is 6.48. The number of piperidine rings is 1. The van der Waals surface area contributed by atoms with Gasteiger partial charge in [0, 0.05) is 12.1 Å². The van der Waals surface area contributed by atoms with Crippen LogP contribution in [-0.2, 0) is 10.0 Å². The fourth-order valence-electron chi connectivity index (χ4n) is 2.84. The van der Waals surface area contributed by atoms with Crippen molar-refractivity contribution >= 4 is 15.9 Å². The van der Waals surface area contributed by atoms with Crippen molar-refractivity contribution in [1.29, 1.82) is 0 Å². The van der Waals surface area contributed by atoms with E-state index in [9.17, 15) is 26.4 Å². The number of amides is 1. The average molecular weight is 407 g/mol. The first kappa shape index (κ1) is 21.6. The maximum absolute atomic E-state index is 12.2. The average Bonchev–Trinajstić information content (AvgIpc) is 2.64. The second kappa shape index (κ2) is 9.52. The highest BCUT2D eigenvalue weighted by Gasteiger charge is 2.28. The molecule has 1 aromatic rings. The molecule has 1 aromatic carbocycles. The Morgan fingerprint density at radius 2 is 1.70 bits per heavy atom. The maximum atomic E-state index is 12.2. The molecule has 1 aliphatic rings. The van der Waals surface area contributed by atoms with Gasteiger partial charge in [-0.25, -0.2) is 13.1 Å². The van der Waals surface area contributed by atoms with E-state index in [4.69, 9.17) is 0 Å². The number of nitrogens with one attached hydrogen (secondary N) is 2. The first-order chi connectivity index (χ1) is 12.7. The third-order valence-corrected chi connectivity index (χ3v) is 5.75. The number of carbonyl (C=O) groups excluding carboxylic acids is 1. The molecule has 6 nitrogen and oxygen atoms in total. The molecule has 1 saturated heterocycles. The second-order valence-corrected chi connectivity index (χ2v) is 8.24. The molecule has 10 heteroatoms. The molecule has 1 aliphatic heterocycles. The van der Waals surface area contributed by atoms with Crippen LogP contribution in [0.25, 0.3) is 0 Å². The van der Waals surface area contributed by atoms with E-state index in [-0.39, 0.29) is 10.5 Å². The summed E-state index contributed by atoms with van der Waals surface area (Å²) in [6, 6.07) is 4.78.